The third kappa shape index (κ3) is 2.68. The van der Waals surface area contributed by atoms with Gasteiger partial charge in [0.15, 0.2) is 0 Å². The summed E-state index contributed by atoms with van der Waals surface area (Å²) in [6, 6.07) is 13.7. The summed E-state index contributed by atoms with van der Waals surface area (Å²) in [6.45, 7) is 0. The molecule has 8 heteroatoms. The van der Waals surface area contributed by atoms with Crippen molar-refractivity contribution in [3.63, 3.8) is 0 Å². The minimum Gasteiger partial charge on any atom is -0.266 e. The number of hydrogen-bond acceptors (Lipinski definition) is 6. The highest BCUT2D eigenvalue weighted by Gasteiger charge is 2.10. The van der Waals surface area contributed by atoms with Crippen LogP contribution in [0, 0.1) is 10.1 Å². The van der Waals surface area contributed by atoms with Gasteiger partial charge in [-0.15, -0.1) is 11.3 Å². The Morgan fingerprint density at radius 2 is 2.04 bits per heavy atom. The van der Waals surface area contributed by atoms with E-state index in [1.807, 2.05) is 24.3 Å². The van der Waals surface area contributed by atoms with Gasteiger partial charge in [-0.2, -0.15) is 9.78 Å². The Labute approximate surface area is 144 Å². The van der Waals surface area contributed by atoms with Crippen molar-refractivity contribution in [3.8, 4) is 0 Å². The van der Waals surface area contributed by atoms with Crippen molar-refractivity contribution in [2.24, 2.45) is 5.10 Å². The monoisotopic (exact) mass is 350 g/mol. The highest BCUT2D eigenvalue weighted by Crippen LogP contribution is 2.29. The summed E-state index contributed by atoms with van der Waals surface area (Å²) in [6.07, 6.45) is 2.76. The van der Waals surface area contributed by atoms with Gasteiger partial charge in [0.2, 0.25) is 0 Å². The first kappa shape index (κ1) is 15.2. The summed E-state index contributed by atoms with van der Waals surface area (Å²) in [5, 5.41) is 15.8. The zero-order valence-corrected chi connectivity index (χ0v) is 13.5. The predicted molar refractivity (Wildman–Crippen MR) is 97.5 cm³/mol. The van der Waals surface area contributed by atoms with Crippen LogP contribution in [-0.4, -0.2) is 20.8 Å². The third-order valence-electron chi connectivity index (χ3n) is 3.68. The van der Waals surface area contributed by atoms with Crippen molar-refractivity contribution < 1.29 is 4.92 Å². The first-order valence-electron chi connectivity index (χ1n) is 7.31. The van der Waals surface area contributed by atoms with E-state index in [-0.39, 0.29) is 11.2 Å². The molecule has 0 unspecified atom stereocenters. The zero-order valence-electron chi connectivity index (χ0n) is 12.7. The molecule has 2 aromatic carbocycles. The molecule has 0 saturated carbocycles. The molecule has 2 aromatic heterocycles. The zero-order chi connectivity index (χ0) is 17.4. The molecule has 0 amide bonds. The van der Waals surface area contributed by atoms with E-state index < -0.39 is 4.92 Å². The Hall–Kier alpha value is -3.39. The van der Waals surface area contributed by atoms with Gasteiger partial charge in [0.25, 0.3) is 11.2 Å². The molecule has 0 aliphatic heterocycles. The second-order valence-corrected chi connectivity index (χ2v) is 6.32. The van der Waals surface area contributed by atoms with Gasteiger partial charge < -0.3 is 0 Å². The lowest BCUT2D eigenvalue weighted by Crippen LogP contribution is -2.15. The number of aromatic nitrogens is 2. The minimum absolute atomic E-state index is 0.0330. The van der Waals surface area contributed by atoms with Gasteiger partial charge in [0.05, 0.1) is 16.7 Å². The fraction of sp³-hybridized carbons (Fsp3) is 0. The fourth-order valence-corrected chi connectivity index (χ4v) is 3.59. The molecule has 25 heavy (non-hydrogen) atoms. The van der Waals surface area contributed by atoms with Gasteiger partial charge in [0, 0.05) is 27.8 Å². The Bertz CT molecular complexity index is 1210. The fourth-order valence-electron chi connectivity index (χ4n) is 2.50. The van der Waals surface area contributed by atoms with Crippen LogP contribution >= 0.6 is 11.3 Å². The van der Waals surface area contributed by atoms with Gasteiger partial charge in [-0.25, -0.2) is 4.98 Å². The van der Waals surface area contributed by atoms with Gasteiger partial charge >= 0.3 is 0 Å². The molecule has 0 radical (unpaired) electrons. The van der Waals surface area contributed by atoms with Crippen LogP contribution in [0.3, 0.4) is 0 Å². The van der Waals surface area contributed by atoms with E-state index in [0.717, 1.165) is 14.8 Å². The van der Waals surface area contributed by atoms with Gasteiger partial charge in [-0.1, -0.05) is 30.3 Å². The van der Waals surface area contributed by atoms with Crippen molar-refractivity contribution in [3.05, 3.63) is 80.9 Å². The maximum absolute atomic E-state index is 12.6. The molecule has 0 aliphatic rings. The molecule has 0 N–H and O–H groups in total. The topological polar surface area (TPSA) is 90.4 Å². The molecule has 4 rings (SSSR count). The van der Waals surface area contributed by atoms with Crippen molar-refractivity contribution in [2.75, 3.05) is 0 Å². The van der Waals surface area contributed by atoms with E-state index in [4.69, 9.17) is 0 Å². The summed E-state index contributed by atoms with van der Waals surface area (Å²) < 4.78 is 2.65. The van der Waals surface area contributed by atoms with Crippen molar-refractivity contribution >= 4 is 43.5 Å². The largest absolute Gasteiger partial charge is 0.291 e. The number of nitro groups is 1. The van der Waals surface area contributed by atoms with Crippen LogP contribution in [0.15, 0.2) is 64.8 Å². The molecule has 0 atom stereocenters. The average molecular weight is 350 g/mol. The maximum Gasteiger partial charge on any atom is 0.291 e. The number of nitro benzene ring substituents is 1. The van der Waals surface area contributed by atoms with Crippen LogP contribution in [0.1, 0.15) is 5.56 Å². The Balaban J connectivity index is 1.78. The quantitative estimate of drug-likeness (QED) is 0.322. The second kappa shape index (κ2) is 5.91. The highest BCUT2D eigenvalue weighted by molar-refractivity contribution is 7.25. The summed E-state index contributed by atoms with van der Waals surface area (Å²) >= 11 is 1.37. The predicted octanol–water partition coefficient (Wildman–Crippen LogP) is 3.40. The van der Waals surface area contributed by atoms with Crippen molar-refractivity contribution in [2.45, 2.75) is 0 Å². The lowest BCUT2D eigenvalue weighted by Gasteiger charge is -1.98. The summed E-state index contributed by atoms with van der Waals surface area (Å²) in [7, 11) is 0. The third-order valence-corrected chi connectivity index (χ3v) is 4.83. The molecule has 0 saturated heterocycles. The lowest BCUT2D eigenvalue weighted by molar-refractivity contribution is -0.384. The molecule has 2 heterocycles. The maximum atomic E-state index is 12.6. The highest BCUT2D eigenvalue weighted by atomic mass is 32.1. The smallest absolute Gasteiger partial charge is 0.266 e. The molecule has 4 aromatic rings. The SMILES string of the molecule is O=c1c2sc3ccccc3c2ncn1N=Cc1cccc([N+](=O)[O-])c1. The molecular weight excluding hydrogens is 340 g/mol. The van der Waals surface area contributed by atoms with Crippen LogP contribution in [-0.2, 0) is 0 Å². The Kier molecular flexibility index (Phi) is 3.58. The summed E-state index contributed by atoms with van der Waals surface area (Å²) in [5.74, 6) is 0. The molecule has 0 fully saturated rings. The van der Waals surface area contributed by atoms with E-state index in [9.17, 15) is 14.9 Å². The normalized spacial score (nSPS) is 11.5. The average Bonchev–Trinajstić information content (AvgIpc) is 3.01. The molecular formula is C17H10N4O3S. The summed E-state index contributed by atoms with van der Waals surface area (Å²) in [4.78, 5) is 27.3. The van der Waals surface area contributed by atoms with E-state index >= 15 is 0 Å². The van der Waals surface area contributed by atoms with Gasteiger partial charge in [-0.3, -0.25) is 14.9 Å². The Morgan fingerprint density at radius 1 is 1.20 bits per heavy atom. The number of benzene rings is 2. The minimum atomic E-state index is -0.478. The van der Waals surface area contributed by atoms with E-state index in [0.29, 0.717) is 15.8 Å². The number of fused-ring (bicyclic) bond motifs is 3. The number of non-ortho nitro benzene ring substituents is 1. The second-order valence-electron chi connectivity index (χ2n) is 5.27. The van der Waals surface area contributed by atoms with E-state index in [2.05, 4.69) is 10.1 Å². The summed E-state index contributed by atoms with van der Waals surface area (Å²) in [5.41, 5.74) is 0.882. The van der Waals surface area contributed by atoms with E-state index in [1.54, 1.807) is 12.1 Å². The van der Waals surface area contributed by atoms with Crippen molar-refractivity contribution in [1.29, 1.82) is 0 Å². The number of thiophene rings is 1. The number of nitrogens with zero attached hydrogens (tertiary/aromatic N) is 4. The van der Waals surface area contributed by atoms with Crippen LogP contribution in [0.5, 0.6) is 0 Å². The van der Waals surface area contributed by atoms with Crippen LogP contribution < -0.4 is 5.56 Å². The first-order valence-corrected chi connectivity index (χ1v) is 8.13. The number of rotatable bonds is 3. The molecule has 7 nitrogen and oxygen atoms in total. The van der Waals surface area contributed by atoms with Crippen LogP contribution in [0.25, 0.3) is 20.3 Å². The standard InChI is InChI=1S/C17H10N4O3S/c22-17-16-15(13-6-1-2-7-14(13)25-16)18-10-20(17)19-9-11-4-3-5-12(8-11)21(23)24/h1-10H. The van der Waals surface area contributed by atoms with Gasteiger partial charge in [-0.05, 0) is 6.07 Å². The van der Waals surface area contributed by atoms with Crippen LogP contribution in [0.2, 0.25) is 0 Å². The van der Waals surface area contributed by atoms with E-state index in [1.165, 1.54) is 36.0 Å². The van der Waals surface area contributed by atoms with Crippen LogP contribution in [0.4, 0.5) is 5.69 Å². The van der Waals surface area contributed by atoms with Crippen molar-refractivity contribution in [1.82, 2.24) is 9.66 Å². The Morgan fingerprint density at radius 3 is 2.88 bits per heavy atom. The molecule has 122 valence electrons. The molecule has 0 aliphatic carbocycles. The molecule has 0 bridgehead atoms. The van der Waals surface area contributed by atoms with Gasteiger partial charge in [0.1, 0.15) is 11.0 Å². The lowest BCUT2D eigenvalue weighted by atomic mass is 10.2. The number of hydrogen-bond donors (Lipinski definition) is 0. The molecule has 0 spiro atoms. The first-order chi connectivity index (χ1) is 12.1.